The summed E-state index contributed by atoms with van der Waals surface area (Å²) in [6.07, 6.45) is -4.45. The van der Waals surface area contributed by atoms with Crippen LogP contribution in [-0.2, 0) is 12.7 Å². The molecule has 0 atom stereocenters. The van der Waals surface area contributed by atoms with E-state index in [9.17, 15) is 18.0 Å². The molecule has 1 aromatic carbocycles. The SMILES string of the molecule is Cc1cc(CN(C)C(=O)Nc2cccc(C(F)(F)F)c2)no1. The quantitative estimate of drug-likeness (QED) is 0.940. The summed E-state index contributed by atoms with van der Waals surface area (Å²) in [5.41, 5.74) is -0.192. The third kappa shape index (κ3) is 4.00. The van der Waals surface area contributed by atoms with Gasteiger partial charge in [0.2, 0.25) is 0 Å². The van der Waals surface area contributed by atoms with Gasteiger partial charge in [-0.3, -0.25) is 0 Å². The molecule has 2 rings (SSSR count). The summed E-state index contributed by atoms with van der Waals surface area (Å²) in [5, 5.41) is 6.16. The van der Waals surface area contributed by atoms with Gasteiger partial charge in [-0.2, -0.15) is 13.2 Å². The van der Waals surface area contributed by atoms with E-state index in [4.69, 9.17) is 4.52 Å². The van der Waals surface area contributed by atoms with Crippen molar-refractivity contribution in [1.82, 2.24) is 10.1 Å². The minimum Gasteiger partial charge on any atom is -0.361 e. The minimum atomic E-state index is -4.45. The number of halogens is 3. The highest BCUT2D eigenvalue weighted by Gasteiger charge is 2.30. The molecule has 118 valence electrons. The maximum atomic E-state index is 12.6. The van der Waals surface area contributed by atoms with Gasteiger partial charge in [0, 0.05) is 18.8 Å². The zero-order valence-corrected chi connectivity index (χ0v) is 11.9. The number of hydrogen-bond donors (Lipinski definition) is 1. The summed E-state index contributed by atoms with van der Waals surface area (Å²) < 4.78 is 42.7. The topological polar surface area (TPSA) is 58.4 Å². The van der Waals surface area contributed by atoms with E-state index in [1.165, 1.54) is 24.1 Å². The molecule has 0 radical (unpaired) electrons. The lowest BCUT2D eigenvalue weighted by Crippen LogP contribution is -2.31. The van der Waals surface area contributed by atoms with E-state index < -0.39 is 17.8 Å². The van der Waals surface area contributed by atoms with Gasteiger partial charge in [0.05, 0.1) is 12.1 Å². The summed E-state index contributed by atoms with van der Waals surface area (Å²) >= 11 is 0. The van der Waals surface area contributed by atoms with E-state index in [1.54, 1.807) is 13.0 Å². The number of anilines is 1. The Balaban J connectivity index is 2.02. The number of carbonyl (C=O) groups excluding carboxylic acids is 1. The van der Waals surface area contributed by atoms with Crippen molar-refractivity contribution in [3.63, 3.8) is 0 Å². The van der Waals surface area contributed by atoms with Crippen molar-refractivity contribution >= 4 is 11.7 Å². The first-order valence-corrected chi connectivity index (χ1v) is 6.37. The number of carbonyl (C=O) groups is 1. The van der Waals surface area contributed by atoms with Gasteiger partial charge < -0.3 is 14.7 Å². The molecule has 2 amide bonds. The molecule has 0 saturated heterocycles. The van der Waals surface area contributed by atoms with Gasteiger partial charge in [0.1, 0.15) is 11.5 Å². The first-order chi connectivity index (χ1) is 10.3. The second-order valence-corrected chi connectivity index (χ2v) is 4.79. The maximum Gasteiger partial charge on any atom is 0.416 e. The van der Waals surface area contributed by atoms with E-state index in [-0.39, 0.29) is 12.2 Å². The Morgan fingerprint density at radius 2 is 2.09 bits per heavy atom. The van der Waals surface area contributed by atoms with Crippen molar-refractivity contribution in [2.45, 2.75) is 19.6 Å². The lowest BCUT2D eigenvalue weighted by Gasteiger charge is -2.17. The van der Waals surface area contributed by atoms with Crippen LogP contribution in [0.2, 0.25) is 0 Å². The molecule has 2 aromatic rings. The number of nitrogens with zero attached hydrogens (tertiary/aromatic N) is 2. The van der Waals surface area contributed by atoms with Gasteiger partial charge in [0.25, 0.3) is 0 Å². The molecule has 8 heteroatoms. The monoisotopic (exact) mass is 313 g/mol. The first-order valence-electron chi connectivity index (χ1n) is 6.37. The summed E-state index contributed by atoms with van der Waals surface area (Å²) in [4.78, 5) is 13.2. The second-order valence-electron chi connectivity index (χ2n) is 4.79. The Hall–Kier alpha value is -2.51. The van der Waals surface area contributed by atoms with Crippen LogP contribution in [0.3, 0.4) is 0 Å². The lowest BCUT2D eigenvalue weighted by molar-refractivity contribution is -0.137. The first kappa shape index (κ1) is 15.9. The molecule has 22 heavy (non-hydrogen) atoms. The number of urea groups is 1. The highest BCUT2D eigenvalue weighted by atomic mass is 19.4. The molecule has 1 aromatic heterocycles. The van der Waals surface area contributed by atoms with E-state index in [0.29, 0.717) is 11.5 Å². The number of benzene rings is 1. The van der Waals surface area contributed by atoms with Crippen molar-refractivity contribution in [2.24, 2.45) is 0 Å². The van der Waals surface area contributed by atoms with Crippen molar-refractivity contribution in [2.75, 3.05) is 12.4 Å². The Morgan fingerprint density at radius 1 is 1.36 bits per heavy atom. The number of nitrogens with one attached hydrogen (secondary N) is 1. The van der Waals surface area contributed by atoms with Gasteiger partial charge in [-0.1, -0.05) is 11.2 Å². The van der Waals surface area contributed by atoms with Gasteiger partial charge >= 0.3 is 12.2 Å². The van der Waals surface area contributed by atoms with E-state index in [0.717, 1.165) is 12.1 Å². The molecule has 0 aliphatic carbocycles. The molecule has 0 fully saturated rings. The molecule has 0 spiro atoms. The second kappa shape index (κ2) is 6.08. The van der Waals surface area contributed by atoms with Crippen LogP contribution in [0.25, 0.3) is 0 Å². The molecule has 0 unspecified atom stereocenters. The highest BCUT2D eigenvalue weighted by Crippen LogP contribution is 2.30. The van der Waals surface area contributed by atoms with Gasteiger partial charge in [0.15, 0.2) is 0 Å². The highest BCUT2D eigenvalue weighted by molar-refractivity contribution is 5.89. The summed E-state index contributed by atoms with van der Waals surface area (Å²) in [6, 6.07) is 5.58. The Labute approximate surface area is 124 Å². The number of hydrogen-bond acceptors (Lipinski definition) is 3. The van der Waals surface area contributed by atoms with Crippen LogP contribution in [0.15, 0.2) is 34.9 Å². The van der Waals surface area contributed by atoms with Crippen LogP contribution in [0, 0.1) is 6.92 Å². The molecular formula is C14H14F3N3O2. The standard InChI is InChI=1S/C14H14F3N3O2/c1-9-6-12(19-22-9)8-20(2)13(21)18-11-5-3-4-10(7-11)14(15,16)17/h3-7H,8H2,1-2H3,(H,18,21). The van der Waals surface area contributed by atoms with Crippen LogP contribution in [-0.4, -0.2) is 23.1 Å². The minimum absolute atomic E-state index is 0.0722. The van der Waals surface area contributed by atoms with Crippen LogP contribution in [0.1, 0.15) is 17.0 Å². The smallest absolute Gasteiger partial charge is 0.361 e. The van der Waals surface area contributed by atoms with Crippen LogP contribution < -0.4 is 5.32 Å². The fourth-order valence-electron chi connectivity index (χ4n) is 1.80. The Bertz CT molecular complexity index is 667. The largest absolute Gasteiger partial charge is 0.416 e. The number of alkyl halides is 3. The van der Waals surface area contributed by atoms with Gasteiger partial charge in [-0.25, -0.2) is 4.79 Å². The van der Waals surface area contributed by atoms with Gasteiger partial charge in [-0.15, -0.1) is 0 Å². The van der Waals surface area contributed by atoms with E-state index in [2.05, 4.69) is 10.5 Å². The predicted octanol–water partition coefficient (Wildman–Crippen LogP) is 3.67. The number of amides is 2. The molecule has 1 heterocycles. The predicted molar refractivity (Wildman–Crippen MR) is 73.2 cm³/mol. The van der Waals surface area contributed by atoms with E-state index in [1.807, 2.05) is 0 Å². The van der Waals surface area contributed by atoms with Crippen molar-refractivity contribution in [3.8, 4) is 0 Å². The molecular weight excluding hydrogens is 299 g/mol. The number of aryl methyl sites for hydroxylation is 1. The van der Waals surface area contributed by atoms with Gasteiger partial charge in [-0.05, 0) is 25.1 Å². The fourth-order valence-corrected chi connectivity index (χ4v) is 1.80. The summed E-state index contributed by atoms with van der Waals surface area (Å²) in [6.45, 7) is 1.90. The third-order valence-electron chi connectivity index (χ3n) is 2.86. The van der Waals surface area contributed by atoms with E-state index >= 15 is 0 Å². The third-order valence-corrected chi connectivity index (χ3v) is 2.86. The average Bonchev–Trinajstić information content (AvgIpc) is 2.83. The summed E-state index contributed by atoms with van der Waals surface area (Å²) in [7, 11) is 1.51. The summed E-state index contributed by atoms with van der Waals surface area (Å²) in [5.74, 6) is 0.613. The molecule has 0 aliphatic rings. The number of aromatic nitrogens is 1. The fraction of sp³-hybridized carbons (Fsp3) is 0.286. The normalized spacial score (nSPS) is 11.3. The molecule has 0 bridgehead atoms. The zero-order chi connectivity index (χ0) is 16.3. The molecule has 0 aliphatic heterocycles. The Kier molecular flexibility index (Phi) is 4.39. The molecule has 5 nitrogen and oxygen atoms in total. The maximum absolute atomic E-state index is 12.6. The molecule has 0 saturated carbocycles. The molecule has 1 N–H and O–H groups in total. The van der Waals surface area contributed by atoms with Crippen LogP contribution in [0.5, 0.6) is 0 Å². The van der Waals surface area contributed by atoms with Crippen LogP contribution >= 0.6 is 0 Å². The average molecular weight is 313 g/mol. The van der Waals surface area contributed by atoms with Crippen molar-refractivity contribution in [3.05, 3.63) is 47.3 Å². The zero-order valence-electron chi connectivity index (χ0n) is 11.9. The number of rotatable bonds is 3. The van der Waals surface area contributed by atoms with Crippen molar-refractivity contribution < 1.29 is 22.5 Å². The van der Waals surface area contributed by atoms with Crippen molar-refractivity contribution in [1.29, 1.82) is 0 Å². The Morgan fingerprint density at radius 3 is 2.68 bits per heavy atom. The van der Waals surface area contributed by atoms with Crippen LogP contribution in [0.4, 0.5) is 23.7 Å². The lowest BCUT2D eigenvalue weighted by atomic mass is 10.2.